The van der Waals surface area contributed by atoms with Gasteiger partial charge in [0.1, 0.15) is 34.5 Å². The summed E-state index contributed by atoms with van der Waals surface area (Å²) in [6.07, 6.45) is 8.71. The minimum atomic E-state index is -0.0198. The molecule has 2 heterocycles. The van der Waals surface area contributed by atoms with Crippen molar-refractivity contribution >= 4 is 34.8 Å². The van der Waals surface area contributed by atoms with Crippen LogP contribution in [0.1, 0.15) is 211 Å². The molecule has 6 aromatic carbocycles. The Morgan fingerprint density at radius 2 is 0.667 bits per heavy atom. The van der Waals surface area contributed by atoms with Crippen LogP contribution in [0, 0.1) is 108 Å². The molecular formula is C91H134O6S2. The van der Waals surface area contributed by atoms with E-state index in [0.29, 0.717) is 0 Å². The number of hydrogen-bond acceptors (Lipinski definition) is 8. The Hall–Kier alpha value is -7.88. The van der Waals surface area contributed by atoms with Gasteiger partial charge in [0.05, 0.1) is 48.2 Å². The van der Waals surface area contributed by atoms with Gasteiger partial charge in [-0.1, -0.05) is 216 Å². The Kier molecular flexibility index (Phi) is 54.1. The Bertz CT molecular complexity index is 3450. The van der Waals surface area contributed by atoms with Gasteiger partial charge < -0.3 is 28.4 Å². The number of methoxy groups -OCH3 is 6. The monoisotopic (exact) mass is 1390 g/mol. The number of rotatable bonds is 8. The third kappa shape index (κ3) is 51.0. The van der Waals surface area contributed by atoms with Gasteiger partial charge in [0.15, 0.2) is 0 Å². The lowest BCUT2D eigenvalue weighted by Crippen LogP contribution is -1.99. The van der Waals surface area contributed by atoms with Gasteiger partial charge in [-0.3, -0.25) is 0 Å². The average molecular weight is 1390 g/mol. The second-order valence-electron chi connectivity index (χ2n) is 26.3. The van der Waals surface area contributed by atoms with Crippen molar-refractivity contribution in [3.05, 3.63) is 233 Å². The lowest BCUT2D eigenvalue weighted by Gasteiger charge is -2.12. The maximum absolute atomic E-state index is 5.30. The van der Waals surface area contributed by atoms with Crippen LogP contribution in [-0.4, -0.2) is 42.7 Å². The SMILES string of the molecule is CC.CC.CC.CC.COc1ccc(OC)c(/C=C/C(C)(C)C)c1.COc1ccc(OC)c(C#CC(C)(C)C)c1.COc1ccc(OC)cc1.Cc1ccc(C)c(/C=C/C(C)(C)C)c1.Cc1ccc(C)c(C#CC(C)(C)C)c1.Cc1ccc(C)cc1.Cc1ccsc1.Cc1cscc1C. The van der Waals surface area contributed by atoms with Crippen molar-refractivity contribution in [3.8, 4) is 58.2 Å². The van der Waals surface area contributed by atoms with Crippen LogP contribution in [0.25, 0.3) is 12.2 Å². The quantitative estimate of drug-likeness (QED) is 0.141. The summed E-state index contributed by atoms with van der Waals surface area (Å²) in [5.74, 6) is 17.8. The van der Waals surface area contributed by atoms with Crippen LogP contribution in [0.15, 0.2) is 161 Å². The second-order valence-corrected chi connectivity index (χ2v) is 27.8. The number of hydrogen-bond donors (Lipinski definition) is 0. The molecule has 0 N–H and O–H groups in total. The summed E-state index contributed by atoms with van der Waals surface area (Å²) in [5.41, 5.74) is 16.9. The van der Waals surface area contributed by atoms with Gasteiger partial charge in [0.25, 0.3) is 0 Å². The fraction of sp³-hybridized carbons (Fsp3) is 0.429. The first-order valence-electron chi connectivity index (χ1n) is 34.8. The second kappa shape index (κ2) is 55.0. The van der Waals surface area contributed by atoms with Crippen molar-refractivity contribution in [2.45, 2.75) is 201 Å². The summed E-state index contributed by atoms with van der Waals surface area (Å²) in [5, 5.41) is 8.53. The molecule has 0 bridgehead atoms. The molecule has 0 atom stereocenters. The van der Waals surface area contributed by atoms with Crippen LogP contribution >= 0.6 is 22.7 Å². The molecule has 8 heteroatoms. The zero-order valence-electron chi connectivity index (χ0n) is 68.5. The van der Waals surface area contributed by atoms with Gasteiger partial charge in [-0.2, -0.15) is 22.7 Å². The lowest BCUT2D eigenvalue weighted by molar-refractivity contribution is 0.402. The van der Waals surface area contributed by atoms with Crippen molar-refractivity contribution in [2.24, 2.45) is 21.7 Å². The smallest absolute Gasteiger partial charge is 0.134 e. The first kappa shape index (κ1) is 97.5. The van der Waals surface area contributed by atoms with Gasteiger partial charge in [-0.05, 0) is 248 Å². The van der Waals surface area contributed by atoms with Crippen LogP contribution in [0.5, 0.6) is 34.5 Å². The van der Waals surface area contributed by atoms with E-state index in [9.17, 15) is 0 Å². The maximum atomic E-state index is 5.30. The van der Waals surface area contributed by atoms with Crippen LogP contribution < -0.4 is 28.4 Å². The normalized spacial score (nSPS) is 9.93. The molecule has 0 fully saturated rings. The highest BCUT2D eigenvalue weighted by Crippen LogP contribution is 2.28. The van der Waals surface area contributed by atoms with Crippen LogP contribution in [0.3, 0.4) is 0 Å². The zero-order valence-corrected chi connectivity index (χ0v) is 70.1. The summed E-state index contributed by atoms with van der Waals surface area (Å²) < 4.78 is 30.8. The van der Waals surface area contributed by atoms with Gasteiger partial charge >= 0.3 is 0 Å². The van der Waals surface area contributed by atoms with Crippen molar-refractivity contribution < 1.29 is 28.4 Å². The minimum Gasteiger partial charge on any atom is -0.497 e. The van der Waals surface area contributed by atoms with Gasteiger partial charge in [-0.25, -0.2) is 0 Å². The van der Waals surface area contributed by atoms with E-state index in [4.69, 9.17) is 28.4 Å². The highest BCUT2D eigenvalue weighted by molar-refractivity contribution is 7.08. The molecule has 6 nitrogen and oxygen atoms in total. The molecule has 8 rings (SSSR count). The van der Waals surface area contributed by atoms with Gasteiger partial charge in [0.2, 0.25) is 0 Å². The van der Waals surface area contributed by atoms with Crippen LogP contribution in [0.2, 0.25) is 0 Å². The first-order valence-corrected chi connectivity index (χ1v) is 36.7. The lowest BCUT2D eigenvalue weighted by atomic mass is 9.94. The van der Waals surface area contributed by atoms with E-state index in [1.807, 2.05) is 116 Å². The number of allylic oxidation sites excluding steroid dienone is 2. The van der Waals surface area contributed by atoms with Crippen LogP contribution in [-0.2, 0) is 0 Å². The number of thiophene rings is 2. The van der Waals surface area contributed by atoms with Crippen molar-refractivity contribution in [2.75, 3.05) is 42.7 Å². The molecule has 0 unspecified atom stereocenters. The molecule has 546 valence electrons. The molecule has 0 radical (unpaired) electrons. The number of aryl methyl sites for hydroxylation is 9. The van der Waals surface area contributed by atoms with E-state index in [0.717, 1.165) is 51.2 Å². The predicted molar refractivity (Wildman–Crippen MR) is 444 cm³/mol. The Morgan fingerprint density at radius 3 is 1.01 bits per heavy atom. The first-order chi connectivity index (χ1) is 46.5. The molecule has 0 saturated carbocycles. The molecule has 0 aliphatic heterocycles. The summed E-state index contributed by atoms with van der Waals surface area (Å²) in [6, 6.07) is 42.4. The predicted octanol–water partition coefficient (Wildman–Crippen LogP) is 27.5. The minimum absolute atomic E-state index is 0.0198. The largest absolute Gasteiger partial charge is 0.497 e. The third-order valence-corrected chi connectivity index (χ3v) is 14.4. The maximum Gasteiger partial charge on any atom is 0.134 e. The average Bonchev–Trinajstić information content (AvgIpc) is 1.35. The fourth-order valence-electron chi connectivity index (χ4n) is 6.99. The van der Waals surface area contributed by atoms with E-state index in [1.165, 1.54) is 55.6 Å². The van der Waals surface area contributed by atoms with Gasteiger partial charge in [0, 0.05) is 22.0 Å². The Labute approximate surface area is 616 Å². The summed E-state index contributed by atoms with van der Waals surface area (Å²) >= 11 is 3.51. The zero-order chi connectivity index (χ0) is 77.0. The molecular weight excluding hydrogens is 1250 g/mol. The molecule has 0 saturated heterocycles. The molecule has 2 aromatic heterocycles. The van der Waals surface area contributed by atoms with Crippen molar-refractivity contribution in [1.82, 2.24) is 0 Å². The molecule has 8 aromatic rings. The molecule has 0 aliphatic carbocycles. The Morgan fingerprint density at radius 1 is 0.303 bits per heavy atom. The number of ether oxygens (including phenoxy) is 6. The van der Waals surface area contributed by atoms with E-state index in [2.05, 4.69) is 282 Å². The molecule has 0 spiro atoms. The summed E-state index contributed by atoms with van der Waals surface area (Å²) in [7, 11) is 9.91. The topological polar surface area (TPSA) is 55.4 Å². The van der Waals surface area contributed by atoms with E-state index in [1.54, 1.807) is 65.3 Å². The van der Waals surface area contributed by atoms with E-state index >= 15 is 0 Å². The van der Waals surface area contributed by atoms with E-state index in [-0.39, 0.29) is 21.7 Å². The molecule has 0 amide bonds. The van der Waals surface area contributed by atoms with Crippen LogP contribution in [0.4, 0.5) is 0 Å². The van der Waals surface area contributed by atoms with E-state index < -0.39 is 0 Å². The molecule has 99 heavy (non-hydrogen) atoms. The van der Waals surface area contributed by atoms with Crippen molar-refractivity contribution in [3.63, 3.8) is 0 Å². The van der Waals surface area contributed by atoms with Gasteiger partial charge in [-0.15, -0.1) is 0 Å². The fourth-order valence-corrected chi connectivity index (χ4v) is 8.50. The summed E-state index contributed by atoms with van der Waals surface area (Å²) in [6.45, 7) is 60.8. The standard InChI is InChI=1S/C14H20O2.C14H18O2.C14H20.C14H18.C8H10O2.C8H10.C6H8S.C5H6S.4C2H6/c2*1-14(2,3)9-8-11-10-12(15-4)6-7-13(11)16-5;2*1-11-6-7-12(2)13(10-11)8-9-14(3,4)5;1-9-7-3-5-8(10-2)6-4-7;1-7-3-5-8(2)6-4-7;1-5-3-7-4-6(5)2;1-5-2-3-6-4-5;4*1-2/h6-10H,1-5H3;6-7,10H,1-5H3;6-10H,1-5H3;6-7,10H,1-5H3;3-6H,1-2H3;3-6H,1-2H3;3-4H,1-2H3;2-4H,1H3;4*1-2H3/b9-8+;;9-8+;;;;;;;;;. The van der Waals surface area contributed by atoms with Crippen molar-refractivity contribution in [1.29, 1.82) is 0 Å². The Balaban J connectivity index is -0.000000521. The third-order valence-electron chi connectivity index (χ3n) is 12.6. The molecule has 0 aliphatic rings. The summed E-state index contributed by atoms with van der Waals surface area (Å²) in [4.78, 5) is 0. The highest BCUT2D eigenvalue weighted by atomic mass is 32.1. The highest BCUT2D eigenvalue weighted by Gasteiger charge is 2.09. The number of benzene rings is 6.